The fourth-order valence-electron chi connectivity index (χ4n) is 2.21. The van der Waals surface area contributed by atoms with Crippen LogP contribution in [0.3, 0.4) is 0 Å². The van der Waals surface area contributed by atoms with Crippen LogP contribution in [0.5, 0.6) is 0 Å². The topological polar surface area (TPSA) is 45.5 Å². The Labute approximate surface area is 95.6 Å². The normalized spacial score (nSPS) is 24.6. The van der Waals surface area contributed by atoms with Crippen molar-refractivity contribution in [2.75, 3.05) is 13.6 Å². The molecule has 4 heteroatoms. The molecule has 1 aliphatic rings. The van der Waals surface area contributed by atoms with Crippen LogP contribution in [-0.4, -0.2) is 30.4 Å². The number of carbonyl (C=O) groups is 1. The molecule has 2 rings (SSSR count). The van der Waals surface area contributed by atoms with E-state index < -0.39 is 0 Å². The highest BCUT2D eigenvalue weighted by Crippen LogP contribution is 2.18. The van der Waals surface area contributed by atoms with Gasteiger partial charge < -0.3 is 14.6 Å². The van der Waals surface area contributed by atoms with Gasteiger partial charge in [-0.2, -0.15) is 0 Å². The maximum Gasteiger partial charge on any atom is 0.227 e. The lowest BCUT2D eigenvalue weighted by Crippen LogP contribution is -2.37. The van der Waals surface area contributed by atoms with E-state index in [2.05, 4.69) is 12.2 Å². The Morgan fingerprint density at radius 1 is 1.69 bits per heavy atom. The summed E-state index contributed by atoms with van der Waals surface area (Å²) >= 11 is 0. The first kappa shape index (κ1) is 11.2. The summed E-state index contributed by atoms with van der Waals surface area (Å²) in [4.78, 5) is 13.9. The summed E-state index contributed by atoms with van der Waals surface area (Å²) in [6, 6.07) is 2.18. The summed E-state index contributed by atoms with van der Waals surface area (Å²) in [6.45, 7) is 3.64. The molecule has 1 aliphatic heterocycles. The molecule has 2 atom stereocenters. The van der Waals surface area contributed by atoms with Crippen molar-refractivity contribution < 1.29 is 9.21 Å². The molecule has 0 aliphatic carbocycles. The molecule has 1 amide bonds. The third-order valence-electron chi connectivity index (χ3n) is 3.22. The van der Waals surface area contributed by atoms with Gasteiger partial charge in [0.2, 0.25) is 5.91 Å². The third-order valence-corrected chi connectivity index (χ3v) is 3.22. The first-order chi connectivity index (χ1) is 7.68. The molecule has 0 bridgehead atoms. The molecule has 1 saturated heterocycles. The van der Waals surface area contributed by atoms with Gasteiger partial charge in [-0.05, 0) is 26.0 Å². The number of amides is 1. The lowest BCUT2D eigenvalue weighted by Gasteiger charge is -2.22. The molecule has 0 spiro atoms. The number of nitrogens with zero attached hydrogens (tertiary/aromatic N) is 1. The summed E-state index contributed by atoms with van der Waals surface area (Å²) < 4.78 is 4.99. The van der Waals surface area contributed by atoms with E-state index in [9.17, 15) is 4.79 Å². The second-order valence-electron chi connectivity index (χ2n) is 4.46. The van der Waals surface area contributed by atoms with Gasteiger partial charge >= 0.3 is 0 Å². The number of hydrogen-bond donors (Lipinski definition) is 1. The van der Waals surface area contributed by atoms with E-state index in [4.69, 9.17) is 4.42 Å². The molecule has 1 N–H and O–H groups in total. The monoisotopic (exact) mass is 222 g/mol. The van der Waals surface area contributed by atoms with Crippen LogP contribution in [0.4, 0.5) is 0 Å². The summed E-state index contributed by atoms with van der Waals surface area (Å²) in [5.41, 5.74) is 1.04. The Morgan fingerprint density at radius 3 is 3.06 bits per heavy atom. The van der Waals surface area contributed by atoms with Crippen LogP contribution in [-0.2, 0) is 11.3 Å². The molecule has 0 aromatic carbocycles. The first-order valence-electron chi connectivity index (χ1n) is 5.68. The van der Waals surface area contributed by atoms with Gasteiger partial charge in [-0.25, -0.2) is 0 Å². The largest absolute Gasteiger partial charge is 0.472 e. The fourth-order valence-corrected chi connectivity index (χ4v) is 2.21. The van der Waals surface area contributed by atoms with Crippen LogP contribution in [0, 0.1) is 5.92 Å². The van der Waals surface area contributed by atoms with Crippen LogP contribution >= 0.6 is 0 Å². The Hall–Kier alpha value is -1.29. The first-order valence-corrected chi connectivity index (χ1v) is 5.68. The summed E-state index contributed by atoms with van der Waals surface area (Å²) in [5, 5.41) is 3.30. The van der Waals surface area contributed by atoms with Crippen molar-refractivity contribution in [1.29, 1.82) is 0 Å². The molecule has 0 radical (unpaired) electrons. The lowest BCUT2D eigenvalue weighted by molar-refractivity contribution is -0.134. The van der Waals surface area contributed by atoms with Crippen LogP contribution in [0.2, 0.25) is 0 Å². The standard InChI is InChI=1S/C12H18N2O2/c1-9-11(3-5-13-9)12(15)14(2)7-10-4-6-16-8-10/h4,6,8-9,11,13H,3,5,7H2,1-2H3. The highest BCUT2D eigenvalue weighted by atomic mass is 16.3. The minimum Gasteiger partial charge on any atom is -0.472 e. The fraction of sp³-hybridized carbons (Fsp3) is 0.583. The zero-order valence-corrected chi connectivity index (χ0v) is 9.77. The molecule has 1 aromatic rings. The zero-order valence-electron chi connectivity index (χ0n) is 9.77. The van der Waals surface area contributed by atoms with E-state index in [0.717, 1.165) is 18.5 Å². The van der Waals surface area contributed by atoms with Gasteiger partial charge in [-0.3, -0.25) is 4.79 Å². The van der Waals surface area contributed by atoms with Crippen molar-refractivity contribution in [3.05, 3.63) is 24.2 Å². The molecule has 2 heterocycles. The van der Waals surface area contributed by atoms with Gasteiger partial charge in [0.05, 0.1) is 18.4 Å². The highest BCUT2D eigenvalue weighted by molar-refractivity contribution is 5.79. The smallest absolute Gasteiger partial charge is 0.227 e. The van der Waals surface area contributed by atoms with Crippen LogP contribution < -0.4 is 5.32 Å². The molecule has 4 nitrogen and oxygen atoms in total. The van der Waals surface area contributed by atoms with Gasteiger partial charge in [0.15, 0.2) is 0 Å². The summed E-state index contributed by atoms with van der Waals surface area (Å²) in [6.07, 6.45) is 4.25. The van der Waals surface area contributed by atoms with Crippen molar-refractivity contribution >= 4 is 5.91 Å². The van der Waals surface area contributed by atoms with E-state index in [1.165, 1.54) is 0 Å². The average Bonchev–Trinajstić information content (AvgIpc) is 2.88. The van der Waals surface area contributed by atoms with Gasteiger partial charge in [0.25, 0.3) is 0 Å². The van der Waals surface area contributed by atoms with Crippen LogP contribution in [0.1, 0.15) is 18.9 Å². The van der Waals surface area contributed by atoms with Gasteiger partial charge in [0, 0.05) is 25.2 Å². The van der Waals surface area contributed by atoms with Crippen molar-refractivity contribution in [2.45, 2.75) is 25.9 Å². The number of nitrogens with one attached hydrogen (secondary N) is 1. The molecule has 1 aromatic heterocycles. The van der Waals surface area contributed by atoms with Crippen LogP contribution in [0.25, 0.3) is 0 Å². The van der Waals surface area contributed by atoms with Crippen molar-refractivity contribution in [3.63, 3.8) is 0 Å². The maximum absolute atomic E-state index is 12.1. The minimum atomic E-state index is 0.122. The number of carbonyl (C=O) groups excluding carboxylic acids is 1. The number of rotatable bonds is 3. The number of furan rings is 1. The Bertz CT molecular complexity index is 348. The highest BCUT2D eigenvalue weighted by Gasteiger charge is 2.31. The minimum absolute atomic E-state index is 0.122. The van der Waals surface area contributed by atoms with Crippen LogP contribution in [0.15, 0.2) is 23.0 Å². The van der Waals surface area contributed by atoms with E-state index in [1.54, 1.807) is 17.4 Å². The molecule has 88 valence electrons. The Balaban J connectivity index is 1.94. The van der Waals surface area contributed by atoms with Crippen molar-refractivity contribution in [3.8, 4) is 0 Å². The van der Waals surface area contributed by atoms with E-state index in [1.807, 2.05) is 13.1 Å². The second-order valence-corrected chi connectivity index (χ2v) is 4.46. The molecule has 16 heavy (non-hydrogen) atoms. The Kier molecular flexibility index (Phi) is 3.29. The lowest BCUT2D eigenvalue weighted by atomic mass is 10.0. The number of hydrogen-bond acceptors (Lipinski definition) is 3. The van der Waals surface area contributed by atoms with E-state index >= 15 is 0 Å². The molecule has 1 fully saturated rings. The molecular formula is C12H18N2O2. The molecule has 2 unspecified atom stereocenters. The average molecular weight is 222 g/mol. The predicted octanol–water partition coefficient (Wildman–Crippen LogP) is 1.24. The SMILES string of the molecule is CC1NCCC1C(=O)N(C)Cc1ccoc1. The maximum atomic E-state index is 12.1. The van der Waals surface area contributed by atoms with Crippen molar-refractivity contribution in [2.24, 2.45) is 5.92 Å². The van der Waals surface area contributed by atoms with E-state index in [-0.39, 0.29) is 11.8 Å². The van der Waals surface area contributed by atoms with Crippen molar-refractivity contribution in [1.82, 2.24) is 10.2 Å². The molecule has 0 saturated carbocycles. The predicted molar refractivity (Wildman–Crippen MR) is 60.8 cm³/mol. The Morgan fingerprint density at radius 2 is 2.50 bits per heavy atom. The van der Waals surface area contributed by atoms with E-state index in [0.29, 0.717) is 12.6 Å². The summed E-state index contributed by atoms with van der Waals surface area (Å²) in [5.74, 6) is 0.343. The summed E-state index contributed by atoms with van der Waals surface area (Å²) in [7, 11) is 1.85. The van der Waals surface area contributed by atoms with Gasteiger partial charge in [0.1, 0.15) is 0 Å². The third kappa shape index (κ3) is 2.27. The second kappa shape index (κ2) is 4.70. The quantitative estimate of drug-likeness (QED) is 0.836. The zero-order chi connectivity index (χ0) is 11.5. The van der Waals surface area contributed by atoms with Gasteiger partial charge in [-0.15, -0.1) is 0 Å². The van der Waals surface area contributed by atoms with Gasteiger partial charge in [-0.1, -0.05) is 0 Å². The molecular weight excluding hydrogens is 204 g/mol.